The third kappa shape index (κ3) is 4.37. The van der Waals surface area contributed by atoms with Crippen molar-refractivity contribution in [1.29, 1.82) is 0 Å². The molecule has 1 aliphatic rings. The summed E-state index contributed by atoms with van der Waals surface area (Å²) in [5.41, 5.74) is 0.538. The Morgan fingerprint density at radius 2 is 2.14 bits per heavy atom. The lowest BCUT2D eigenvalue weighted by molar-refractivity contribution is 0.0354. The van der Waals surface area contributed by atoms with Gasteiger partial charge in [0.2, 0.25) is 10.0 Å². The minimum atomic E-state index is -3.59. The van der Waals surface area contributed by atoms with Crippen LogP contribution in [0.4, 0.5) is 5.69 Å². The minimum absolute atomic E-state index is 0.168. The van der Waals surface area contributed by atoms with Crippen molar-refractivity contribution in [3.63, 3.8) is 0 Å². The Kier molecular flexibility index (Phi) is 5.51. The molecule has 2 heterocycles. The second kappa shape index (κ2) is 7.17. The third-order valence-corrected chi connectivity index (χ3v) is 4.95. The van der Waals surface area contributed by atoms with E-state index in [0.29, 0.717) is 25.4 Å². The van der Waals surface area contributed by atoms with E-state index in [1.54, 1.807) is 19.3 Å². The molecule has 1 saturated heterocycles. The van der Waals surface area contributed by atoms with Crippen molar-refractivity contribution in [3.05, 3.63) is 18.5 Å². The van der Waals surface area contributed by atoms with E-state index in [9.17, 15) is 8.42 Å². The molecule has 0 bridgehead atoms. The quantitative estimate of drug-likeness (QED) is 0.776. The van der Waals surface area contributed by atoms with Crippen LogP contribution in [0.5, 0.6) is 0 Å². The first-order valence-electron chi connectivity index (χ1n) is 6.97. The highest BCUT2D eigenvalue weighted by molar-refractivity contribution is 7.89. The van der Waals surface area contributed by atoms with Gasteiger partial charge in [-0.15, -0.1) is 0 Å². The van der Waals surface area contributed by atoms with Gasteiger partial charge in [-0.25, -0.2) is 13.1 Å². The Labute approximate surface area is 125 Å². The molecule has 21 heavy (non-hydrogen) atoms. The SMILES string of the molecule is CNc1ccncc1S(=O)(=O)NC(C)CN1CCOCC1. The molecule has 0 radical (unpaired) electrons. The summed E-state index contributed by atoms with van der Waals surface area (Å²) in [4.78, 5) is 6.26. The normalized spacial score (nSPS) is 18.4. The van der Waals surface area contributed by atoms with Gasteiger partial charge in [-0.1, -0.05) is 0 Å². The molecule has 2 N–H and O–H groups in total. The summed E-state index contributed by atoms with van der Waals surface area (Å²) in [5, 5.41) is 2.87. The Morgan fingerprint density at radius 1 is 1.43 bits per heavy atom. The highest BCUT2D eigenvalue weighted by Gasteiger charge is 2.22. The fourth-order valence-electron chi connectivity index (χ4n) is 2.34. The zero-order chi connectivity index (χ0) is 15.3. The number of anilines is 1. The molecule has 1 unspecified atom stereocenters. The van der Waals surface area contributed by atoms with Crippen molar-refractivity contribution in [2.75, 3.05) is 45.2 Å². The van der Waals surface area contributed by atoms with Gasteiger partial charge in [-0.05, 0) is 13.0 Å². The van der Waals surface area contributed by atoms with E-state index in [4.69, 9.17) is 4.74 Å². The number of pyridine rings is 1. The van der Waals surface area contributed by atoms with Crippen LogP contribution < -0.4 is 10.0 Å². The zero-order valence-electron chi connectivity index (χ0n) is 12.4. The molecule has 8 heteroatoms. The van der Waals surface area contributed by atoms with Crippen LogP contribution in [0.3, 0.4) is 0 Å². The molecular formula is C13H22N4O3S. The summed E-state index contributed by atoms with van der Waals surface area (Å²) >= 11 is 0. The molecule has 1 atom stereocenters. The van der Waals surface area contributed by atoms with Crippen LogP contribution in [0.15, 0.2) is 23.4 Å². The van der Waals surface area contributed by atoms with Gasteiger partial charge in [0.1, 0.15) is 4.90 Å². The summed E-state index contributed by atoms with van der Waals surface area (Å²) in [5.74, 6) is 0. The summed E-state index contributed by atoms with van der Waals surface area (Å²) < 4.78 is 32.8. The lowest BCUT2D eigenvalue weighted by Crippen LogP contribution is -2.46. The molecule has 118 valence electrons. The molecule has 0 aliphatic carbocycles. The molecule has 1 fully saturated rings. The smallest absolute Gasteiger partial charge is 0.244 e. The molecule has 1 aromatic heterocycles. The molecule has 1 aliphatic heterocycles. The van der Waals surface area contributed by atoms with E-state index >= 15 is 0 Å². The number of rotatable bonds is 6. The van der Waals surface area contributed by atoms with Gasteiger partial charge in [-0.3, -0.25) is 9.88 Å². The van der Waals surface area contributed by atoms with Crippen LogP contribution in [0.25, 0.3) is 0 Å². The lowest BCUT2D eigenvalue weighted by Gasteiger charge is -2.29. The Hall–Kier alpha value is -1.22. The summed E-state index contributed by atoms with van der Waals surface area (Å²) in [6.45, 7) is 5.60. The van der Waals surface area contributed by atoms with Crippen LogP contribution in [0.1, 0.15) is 6.92 Å². The van der Waals surface area contributed by atoms with Crippen LogP contribution in [-0.4, -0.2) is 64.2 Å². The van der Waals surface area contributed by atoms with Crippen molar-refractivity contribution in [1.82, 2.24) is 14.6 Å². The van der Waals surface area contributed by atoms with Gasteiger partial charge < -0.3 is 10.1 Å². The highest BCUT2D eigenvalue weighted by Crippen LogP contribution is 2.19. The number of hydrogen-bond donors (Lipinski definition) is 2. The summed E-state index contributed by atoms with van der Waals surface area (Å²) in [6.07, 6.45) is 2.91. The minimum Gasteiger partial charge on any atom is -0.387 e. The maximum absolute atomic E-state index is 12.4. The van der Waals surface area contributed by atoms with E-state index in [2.05, 4.69) is 19.9 Å². The first kappa shape index (κ1) is 16.2. The predicted octanol–water partition coefficient (Wildman–Crippen LogP) is 0.122. The number of ether oxygens (including phenoxy) is 1. The number of nitrogens with zero attached hydrogens (tertiary/aromatic N) is 2. The van der Waals surface area contributed by atoms with Crippen LogP contribution >= 0.6 is 0 Å². The molecule has 0 aromatic carbocycles. The second-order valence-corrected chi connectivity index (χ2v) is 6.74. The van der Waals surface area contributed by atoms with Gasteiger partial charge in [-0.2, -0.15) is 0 Å². The molecular weight excluding hydrogens is 292 g/mol. The predicted molar refractivity (Wildman–Crippen MR) is 80.8 cm³/mol. The van der Waals surface area contributed by atoms with Gasteiger partial charge in [0, 0.05) is 45.1 Å². The van der Waals surface area contributed by atoms with Crippen LogP contribution in [0, 0.1) is 0 Å². The molecule has 1 aromatic rings. The molecule has 0 amide bonds. The van der Waals surface area contributed by atoms with E-state index in [1.165, 1.54) is 6.20 Å². The monoisotopic (exact) mass is 314 g/mol. The summed E-state index contributed by atoms with van der Waals surface area (Å²) in [7, 11) is -1.90. The molecule has 0 saturated carbocycles. The fraction of sp³-hybridized carbons (Fsp3) is 0.615. The van der Waals surface area contributed by atoms with E-state index < -0.39 is 10.0 Å². The van der Waals surface area contributed by atoms with Gasteiger partial charge in [0.05, 0.1) is 18.9 Å². The Balaban J connectivity index is 2.02. The van der Waals surface area contributed by atoms with Crippen molar-refractivity contribution >= 4 is 15.7 Å². The van der Waals surface area contributed by atoms with Crippen LogP contribution in [-0.2, 0) is 14.8 Å². The summed E-state index contributed by atoms with van der Waals surface area (Å²) in [6, 6.07) is 1.46. The zero-order valence-corrected chi connectivity index (χ0v) is 13.2. The van der Waals surface area contributed by atoms with Crippen molar-refractivity contribution in [2.24, 2.45) is 0 Å². The Bertz CT molecular complexity index is 558. The first-order valence-corrected chi connectivity index (χ1v) is 8.45. The van der Waals surface area contributed by atoms with Crippen molar-refractivity contribution in [2.45, 2.75) is 17.9 Å². The highest BCUT2D eigenvalue weighted by atomic mass is 32.2. The number of sulfonamides is 1. The van der Waals surface area contributed by atoms with Crippen molar-refractivity contribution in [3.8, 4) is 0 Å². The first-order chi connectivity index (χ1) is 10.0. The molecule has 2 rings (SSSR count). The Morgan fingerprint density at radius 3 is 2.81 bits per heavy atom. The maximum atomic E-state index is 12.4. The standard InChI is InChI=1S/C13H22N4O3S/c1-11(10-17-5-7-20-8-6-17)16-21(18,19)13-9-15-4-3-12(13)14-2/h3-4,9,11,16H,5-8,10H2,1-2H3,(H,14,15). The topological polar surface area (TPSA) is 83.6 Å². The second-order valence-electron chi connectivity index (χ2n) is 5.06. The average Bonchev–Trinajstić information content (AvgIpc) is 2.47. The van der Waals surface area contributed by atoms with E-state index in [-0.39, 0.29) is 10.9 Å². The maximum Gasteiger partial charge on any atom is 0.244 e. The van der Waals surface area contributed by atoms with Gasteiger partial charge >= 0.3 is 0 Å². The van der Waals surface area contributed by atoms with E-state index in [1.807, 2.05) is 6.92 Å². The van der Waals surface area contributed by atoms with E-state index in [0.717, 1.165) is 13.1 Å². The third-order valence-electron chi connectivity index (χ3n) is 3.34. The van der Waals surface area contributed by atoms with Gasteiger partial charge in [0.15, 0.2) is 0 Å². The molecule has 0 spiro atoms. The largest absolute Gasteiger partial charge is 0.387 e. The number of nitrogens with one attached hydrogen (secondary N) is 2. The number of aromatic nitrogens is 1. The molecule has 7 nitrogen and oxygen atoms in total. The average molecular weight is 314 g/mol. The van der Waals surface area contributed by atoms with Gasteiger partial charge in [0.25, 0.3) is 0 Å². The van der Waals surface area contributed by atoms with Crippen LogP contribution in [0.2, 0.25) is 0 Å². The van der Waals surface area contributed by atoms with Crippen molar-refractivity contribution < 1.29 is 13.2 Å². The fourth-order valence-corrected chi connectivity index (χ4v) is 3.73. The number of morpholine rings is 1. The lowest BCUT2D eigenvalue weighted by atomic mass is 10.3. The number of hydrogen-bond acceptors (Lipinski definition) is 6.